The van der Waals surface area contributed by atoms with Gasteiger partial charge in [-0.3, -0.25) is 9.89 Å². The highest BCUT2D eigenvalue weighted by atomic mass is 16.2. The molecule has 0 aromatic carbocycles. The number of allylic oxidation sites excluding steroid dienone is 1. The highest BCUT2D eigenvalue weighted by molar-refractivity contribution is 5.94. The van der Waals surface area contributed by atoms with Crippen molar-refractivity contribution in [1.29, 1.82) is 0 Å². The van der Waals surface area contributed by atoms with Gasteiger partial charge in [0.25, 0.3) is 5.91 Å². The summed E-state index contributed by atoms with van der Waals surface area (Å²) in [5.41, 5.74) is 1.46. The zero-order valence-corrected chi connectivity index (χ0v) is 9.29. The molecule has 1 heterocycles. The highest BCUT2D eigenvalue weighted by Crippen LogP contribution is 2.06. The Balaban J connectivity index is 2.53. The third-order valence-corrected chi connectivity index (χ3v) is 2.31. The molecule has 4 nitrogen and oxygen atoms in total. The quantitative estimate of drug-likeness (QED) is 0.590. The highest BCUT2D eigenvalue weighted by Gasteiger charge is 2.14. The molecule has 1 amide bonds. The van der Waals surface area contributed by atoms with Gasteiger partial charge in [-0.25, -0.2) is 0 Å². The summed E-state index contributed by atoms with van der Waals surface area (Å²) in [7, 11) is 1.80. The summed E-state index contributed by atoms with van der Waals surface area (Å²) in [6.45, 7) is 6.24. The van der Waals surface area contributed by atoms with E-state index in [0.717, 1.165) is 25.1 Å². The molecule has 0 aliphatic heterocycles. The average Bonchev–Trinajstić information content (AvgIpc) is 2.63. The Morgan fingerprint density at radius 3 is 3.00 bits per heavy atom. The van der Waals surface area contributed by atoms with Gasteiger partial charge in [0.05, 0.1) is 11.8 Å². The maximum Gasteiger partial charge on any atom is 0.257 e. The first-order chi connectivity index (χ1) is 7.16. The predicted molar refractivity (Wildman–Crippen MR) is 59.7 cm³/mol. The standard InChI is InChI=1S/C11H17N3O/c1-4-5-6-7-14(3)11(15)10-8-12-13-9(10)2/h4,8H,1,5-7H2,2-3H3,(H,12,13). The molecule has 4 heteroatoms. The minimum absolute atomic E-state index is 0.0188. The van der Waals surface area contributed by atoms with E-state index in [-0.39, 0.29) is 5.91 Å². The minimum Gasteiger partial charge on any atom is -0.342 e. The van der Waals surface area contributed by atoms with Crippen molar-refractivity contribution in [3.05, 3.63) is 30.1 Å². The van der Waals surface area contributed by atoms with Crippen LogP contribution < -0.4 is 0 Å². The summed E-state index contributed by atoms with van der Waals surface area (Å²) in [5.74, 6) is 0.0188. The predicted octanol–water partition coefficient (Wildman–Crippen LogP) is 1.76. The van der Waals surface area contributed by atoms with Crippen molar-refractivity contribution in [2.24, 2.45) is 0 Å². The first-order valence-corrected chi connectivity index (χ1v) is 5.03. The molecule has 0 atom stereocenters. The summed E-state index contributed by atoms with van der Waals surface area (Å²) >= 11 is 0. The van der Waals surface area contributed by atoms with Crippen LogP contribution in [0.3, 0.4) is 0 Å². The van der Waals surface area contributed by atoms with E-state index in [9.17, 15) is 4.79 Å². The number of hydrogen-bond acceptors (Lipinski definition) is 2. The number of aromatic nitrogens is 2. The van der Waals surface area contributed by atoms with Crippen LogP contribution in [0.25, 0.3) is 0 Å². The molecule has 0 spiro atoms. The summed E-state index contributed by atoms with van der Waals surface area (Å²) in [6.07, 6.45) is 5.31. The lowest BCUT2D eigenvalue weighted by molar-refractivity contribution is 0.0793. The molecule has 1 aromatic heterocycles. The molecule has 0 saturated heterocycles. The van der Waals surface area contributed by atoms with Crippen LogP contribution in [0.2, 0.25) is 0 Å². The van der Waals surface area contributed by atoms with E-state index in [4.69, 9.17) is 0 Å². The lowest BCUT2D eigenvalue weighted by Crippen LogP contribution is -2.27. The molecule has 0 aliphatic carbocycles. The van der Waals surface area contributed by atoms with Gasteiger partial charge in [-0.2, -0.15) is 5.10 Å². The van der Waals surface area contributed by atoms with Crippen molar-refractivity contribution in [2.45, 2.75) is 19.8 Å². The van der Waals surface area contributed by atoms with E-state index in [1.165, 1.54) is 0 Å². The smallest absolute Gasteiger partial charge is 0.257 e. The normalized spacial score (nSPS) is 10.0. The molecule has 1 aromatic rings. The summed E-state index contributed by atoms with van der Waals surface area (Å²) < 4.78 is 0. The fraction of sp³-hybridized carbons (Fsp3) is 0.455. The average molecular weight is 207 g/mol. The first kappa shape index (κ1) is 11.5. The number of nitrogens with one attached hydrogen (secondary N) is 1. The maximum absolute atomic E-state index is 11.9. The van der Waals surface area contributed by atoms with E-state index in [2.05, 4.69) is 16.8 Å². The van der Waals surface area contributed by atoms with Crippen LogP contribution in [0.1, 0.15) is 28.9 Å². The number of H-pyrrole nitrogens is 1. The minimum atomic E-state index is 0.0188. The molecule has 15 heavy (non-hydrogen) atoms. The van der Waals surface area contributed by atoms with Gasteiger partial charge in [0.1, 0.15) is 0 Å². The lowest BCUT2D eigenvalue weighted by atomic mass is 10.2. The zero-order chi connectivity index (χ0) is 11.3. The number of unbranched alkanes of at least 4 members (excludes halogenated alkanes) is 1. The van der Waals surface area contributed by atoms with Gasteiger partial charge in [0.2, 0.25) is 0 Å². The van der Waals surface area contributed by atoms with Crippen molar-refractivity contribution < 1.29 is 4.79 Å². The fourth-order valence-electron chi connectivity index (χ4n) is 1.35. The van der Waals surface area contributed by atoms with Crippen LogP contribution in [0.15, 0.2) is 18.9 Å². The van der Waals surface area contributed by atoms with Crippen molar-refractivity contribution in [1.82, 2.24) is 15.1 Å². The van der Waals surface area contributed by atoms with E-state index in [0.29, 0.717) is 5.56 Å². The summed E-state index contributed by atoms with van der Waals surface area (Å²) in [4.78, 5) is 13.6. The largest absolute Gasteiger partial charge is 0.342 e. The molecular formula is C11H17N3O. The molecule has 0 aliphatic rings. The van der Waals surface area contributed by atoms with Crippen LogP contribution in [0.5, 0.6) is 0 Å². The Kier molecular flexibility index (Phi) is 4.09. The lowest BCUT2D eigenvalue weighted by Gasteiger charge is -2.15. The molecule has 0 saturated carbocycles. The molecule has 0 unspecified atom stereocenters. The molecule has 1 rings (SSSR count). The zero-order valence-electron chi connectivity index (χ0n) is 9.29. The van der Waals surface area contributed by atoms with Gasteiger partial charge in [0, 0.05) is 19.3 Å². The first-order valence-electron chi connectivity index (χ1n) is 5.03. The molecule has 0 radical (unpaired) electrons. The van der Waals surface area contributed by atoms with Crippen LogP contribution in [0.4, 0.5) is 0 Å². The van der Waals surface area contributed by atoms with E-state index < -0.39 is 0 Å². The third kappa shape index (κ3) is 2.94. The summed E-state index contributed by atoms with van der Waals surface area (Å²) in [6, 6.07) is 0. The Labute approximate surface area is 90.0 Å². The van der Waals surface area contributed by atoms with Gasteiger partial charge in [-0.15, -0.1) is 6.58 Å². The monoisotopic (exact) mass is 207 g/mol. The number of carbonyl (C=O) groups is 1. The van der Waals surface area contributed by atoms with Crippen molar-refractivity contribution in [3.8, 4) is 0 Å². The van der Waals surface area contributed by atoms with Gasteiger partial charge in [0.15, 0.2) is 0 Å². The number of rotatable bonds is 5. The number of aromatic amines is 1. The second-order valence-corrected chi connectivity index (χ2v) is 3.57. The van der Waals surface area contributed by atoms with Crippen LogP contribution >= 0.6 is 0 Å². The van der Waals surface area contributed by atoms with Crippen LogP contribution in [-0.4, -0.2) is 34.6 Å². The van der Waals surface area contributed by atoms with Crippen LogP contribution in [-0.2, 0) is 0 Å². The van der Waals surface area contributed by atoms with Crippen molar-refractivity contribution >= 4 is 5.91 Å². The molecular weight excluding hydrogens is 190 g/mol. The van der Waals surface area contributed by atoms with Gasteiger partial charge in [-0.05, 0) is 19.8 Å². The Morgan fingerprint density at radius 2 is 2.47 bits per heavy atom. The molecule has 0 bridgehead atoms. The third-order valence-electron chi connectivity index (χ3n) is 2.31. The van der Waals surface area contributed by atoms with Gasteiger partial charge < -0.3 is 4.90 Å². The van der Waals surface area contributed by atoms with Crippen molar-refractivity contribution in [2.75, 3.05) is 13.6 Å². The van der Waals surface area contributed by atoms with E-state index in [1.54, 1.807) is 18.1 Å². The number of nitrogens with zero attached hydrogens (tertiary/aromatic N) is 2. The fourth-order valence-corrected chi connectivity index (χ4v) is 1.35. The SMILES string of the molecule is C=CCCCN(C)C(=O)c1cn[nH]c1C. The second kappa shape index (κ2) is 5.34. The Morgan fingerprint density at radius 1 is 1.73 bits per heavy atom. The molecule has 82 valence electrons. The number of amides is 1. The molecule has 1 N–H and O–H groups in total. The molecule has 0 fully saturated rings. The van der Waals surface area contributed by atoms with E-state index in [1.807, 2.05) is 13.0 Å². The Bertz CT molecular complexity index is 343. The number of aryl methyl sites for hydroxylation is 1. The number of carbonyl (C=O) groups excluding carboxylic acids is 1. The van der Waals surface area contributed by atoms with Gasteiger partial charge >= 0.3 is 0 Å². The maximum atomic E-state index is 11.9. The second-order valence-electron chi connectivity index (χ2n) is 3.57. The van der Waals surface area contributed by atoms with E-state index >= 15 is 0 Å². The number of hydrogen-bond donors (Lipinski definition) is 1. The Hall–Kier alpha value is -1.58. The van der Waals surface area contributed by atoms with Crippen LogP contribution in [0, 0.1) is 6.92 Å². The summed E-state index contributed by atoms with van der Waals surface area (Å²) in [5, 5.41) is 6.59. The van der Waals surface area contributed by atoms with Crippen molar-refractivity contribution in [3.63, 3.8) is 0 Å². The topological polar surface area (TPSA) is 49.0 Å². The van der Waals surface area contributed by atoms with Gasteiger partial charge in [-0.1, -0.05) is 6.08 Å².